The molecular formula is C26H45ClOS. The Hall–Kier alpha value is -0.340. The van der Waals surface area contributed by atoms with Gasteiger partial charge in [0.25, 0.3) is 5.24 Å². The van der Waals surface area contributed by atoms with Crippen molar-refractivity contribution in [3.63, 3.8) is 0 Å². The molecule has 0 aliphatic rings. The number of rotatable bonds is 19. The predicted octanol–water partition coefficient (Wildman–Crippen LogP) is 9.81. The van der Waals surface area contributed by atoms with E-state index in [2.05, 4.69) is 26.8 Å². The minimum Gasteiger partial charge on any atom is -0.275 e. The molecule has 1 rings (SSSR count). The number of halogens is 1. The third-order valence-corrected chi connectivity index (χ3v) is 7.67. The Labute approximate surface area is 190 Å². The molecule has 0 aliphatic carbocycles. The fourth-order valence-corrected chi connectivity index (χ4v) is 5.65. The van der Waals surface area contributed by atoms with Crippen LogP contribution in [0.25, 0.3) is 0 Å². The molecule has 0 amide bonds. The summed E-state index contributed by atoms with van der Waals surface area (Å²) >= 11 is 7.30. The number of carbonyl (C=O) groups excluding carboxylic acids is 1. The first-order valence-corrected chi connectivity index (χ1v) is 13.6. The van der Waals surface area contributed by atoms with E-state index in [1.807, 2.05) is 6.07 Å². The van der Waals surface area contributed by atoms with Crippen LogP contribution < -0.4 is 0 Å². The van der Waals surface area contributed by atoms with Gasteiger partial charge in [0.1, 0.15) is 0 Å². The van der Waals surface area contributed by atoms with Crippen LogP contribution >= 0.6 is 22.9 Å². The van der Waals surface area contributed by atoms with E-state index in [0.717, 1.165) is 18.3 Å². The first-order chi connectivity index (χ1) is 14.1. The summed E-state index contributed by atoms with van der Waals surface area (Å²) in [5, 5.41) is -0.310. The normalized spacial score (nSPS) is 13.5. The zero-order valence-electron chi connectivity index (χ0n) is 19.3. The molecule has 3 heteroatoms. The average Bonchev–Trinajstić information content (AvgIpc) is 3.18. The summed E-state index contributed by atoms with van der Waals surface area (Å²) in [6.45, 7) is 6.91. The Bertz CT molecular complexity index is 525. The van der Waals surface area contributed by atoms with Gasteiger partial charge in [0, 0.05) is 4.88 Å². The molecule has 1 aromatic rings. The summed E-state index contributed by atoms with van der Waals surface area (Å²) in [4.78, 5) is 13.5. The Morgan fingerprint density at radius 3 is 1.83 bits per heavy atom. The molecule has 29 heavy (non-hydrogen) atoms. The molecule has 1 nitrogen and oxygen atoms in total. The Morgan fingerprint density at radius 2 is 1.31 bits per heavy atom. The molecule has 0 saturated heterocycles. The molecular weight excluding hydrogens is 396 g/mol. The van der Waals surface area contributed by atoms with Gasteiger partial charge >= 0.3 is 0 Å². The van der Waals surface area contributed by atoms with Crippen LogP contribution in [0.3, 0.4) is 0 Å². The standard InChI is InChI=1S/C26H45ClOS/c1-4-7-9-11-13-15-18-23(21-24-19-20-25(29-24)26(27)28)22(16-6-3)17-14-12-10-8-5-2/h19-20,22-23H,4-18,21H2,1-3H3. The molecule has 0 radical (unpaired) electrons. The van der Waals surface area contributed by atoms with E-state index in [4.69, 9.17) is 11.6 Å². The van der Waals surface area contributed by atoms with Crippen molar-refractivity contribution < 1.29 is 4.79 Å². The van der Waals surface area contributed by atoms with Crippen molar-refractivity contribution in [2.24, 2.45) is 11.8 Å². The molecule has 1 aromatic heterocycles. The second kappa shape index (κ2) is 17.4. The molecule has 168 valence electrons. The zero-order chi connectivity index (χ0) is 21.3. The van der Waals surface area contributed by atoms with Crippen molar-refractivity contribution in [2.75, 3.05) is 0 Å². The molecule has 0 bridgehead atoms. The molecule has 0 fully saturated rings. The number of thiophene rings is 1. The van der Waals surface area contributed by atoms with Gasteiger partial charge in [-0.2, -0.15) is 0 Å². The molecule has 0 N–H and O–H groups in total. The minimum atomic E-state index is -0.310. The third-order valence-electron chi connectivity index (χ3n) is 6.25. The molecule has 0 saturated carbocycles. The van der Waals surface area contributed by atoms with Gasteiger partial charge in [0.05, 0.1) is 4.88 Å². The van der Waals surface area contributed by atoms with Crippen LogP contribution in [0.5, 0.6) is 0 Å². The topological polar surface area (TPSA) is 17.1 Å². The average molecular weight is 441 g/mol. The van der Waals surface area contributed by atoms with Gasteiger partial charge < -0.3 is 0 Å². The van der Waals surface area contributed by atoms with Crippen molar-refractivity contribution in [3.05, 3.63) is 21.9 Å². The summed E-state index contributed by atoms with van der Waals surface area (Å²) in [6.07, 6.45) is 21.6. The second-order valence-electron chi connectivity index (χ2n) is 8.81. The van der Waals surface area contributed by atoms with Crippen molar-refractivity contribution in [3.8, 4) is 0 Å². The van der Waals surface area contributed by atoms with Gasteiger partial charge in [-0.1, -0.05) is 111 Å². The SMILES string of the molecule is CCCCCCCCC(Cc1ccc(C(=O)Cl)s1)C(CCC)CCCCCCC. The minimum absolute atomic E-state index is 0.310. The number of hydrogen-bond donors (Lipinski definition) is 0. The van der Waals surface area contributed by atoms with Gasteiger partial charge in [-0.05, 0) is 48.4 Å². The van der Waals surface area contributed by atoms with Crippen LogP contribution in [0.4, 0.5) is 0 Å². The quantitative estimate of drug-likeness (QED) is 0.154. The van der Waals surface area contributed by atoms with Crippen LogP contribution in [0.15, 0.2) is 12.1 Å². The fourth-order valence-electron chi connectivity index (χ4n) is 4.54. The van der Waals surface area contributed by atoms with Crippen LogP contribution in [0, 0.1) is 11.8 Å². The summed E-state index contributed by atoms with van der Waals surface area (Å²) in [5.74, 6) is 1.58. The molecule has 0 aromatic carbocycles. The van der Waals surface area contributed by atoms with Gasteiger partial charge in [0.2, 0.25) is 0 Å². The molecule has 2 unspecified atom stereocenters. The van der Waals surface area contributed by atoms with Crippen molar-refractivity contribution in [2.45, 2.75) is 124 Å². The predicted molar refractivity (Wildman–Crippen MR) is 131 cm³/mol. The van der Waals surface area contributed by atoms with Gasteiger partial charge in [0.15, 0.2) is 0 Å². The van der Waals surface area contributed by atoms with Crippen molar-refractivity contribution >= 4 is 28.2 Å². The van der Waals surface area contributed by atoms with E-state index >= 15 is 0 Å². The summed E-state index contributed by atoms with van der Waals surface area (Å²) in [7, 11) is 0. The Morgan fingerprint density at radius 1 is 0.759 bits per heavy atom. The molecule has 1 heterocycles. The van der Waals surface area contributed by atoms with Gasteiger partial charge in [-0.25, -0.2) is 0 Å². The van der Waals surface area contributed by atoms with E-state index in [1.54, 1.807) is 11.3 Å². The first-order valence-electron chi connectivity index (χ1n) is 12.4. The zero-order valence-corrected chi connectivity index (χ0v) is 20.9. The van der Waals surface area contributed by atoms with Crippen LogP contribution in [-0.2, 0) is 6.42 Å². The maximum absolute atomic E-state index is 11.5. The maximum Gasteiger partial charge on any atom is 0.262 e. The lowest BCUT2D eigenvalue weighted by molar-refractivity contribution is 0.108. The summed E-state index contributed by atoms with van der Waals surface area (Å²) < 4.78 is 0. The highest BCUT2D eigenvalue weighted by atomic mass is 35.5. The fraction of sp³-hybridized carbons (Fsp3) is 0.808. The largest absolute Gasteiger partial charge is 0.275 e. The highest BCUT2D eigenvalue weighted by Gasteiger charge is 2.22. The Kier molecular flexibility index (Phi) is 16.0. The van der Waals surface area contributed by atoms with Crippen molar-refractivity contribution in [1.29, 1.82) is 0 Å². The monoisotopic (exact) mass is 440 g/mol. The Balaban J connectivity index is 2.65. The number of carbonyl (C=O) groups is 1. The highest BCUT2D eigenvalue weighted by molar-refractivity contribution is 7.15. The van der Waals surface area contributed by atoms with Crippen molar-refractivity contribution in [1.82, 2.24) is 0 Å². The molecule has 2 atom stereocenters. The first kappa shape index (κ1) is 26.7. The number of hydrogen-bond acceptors (Lipinski definition) is 2. The highest BCUT2D eigenvalue weighted by Crippen LogP contribution is 2.33. The molecule has 0 spiro atoms. The van der Waals surface area contributed by atoms with E-state index in [-0.39, 0.29) is 5.24 Å². The third kappa shape index (κ3) is 12.2. The lowest BCUT2D eigenvalue weighted by Crippen LogP contribution is -2.17. The van der Waals surface area contributed by atoms with Crippen LogP contribution in [0.2, 0.25) is 0 Å². The number of unbranched alkanes of at least 4 members (excludes halogenated alkanes) is 9. The van der Waals surface area contributed by atoms with Gasteiger partial charge in [-0.3, -0.25) is 4.79 Å². The maximum atomic E-state index is 11.5. The van der Waals surface area contributed by atoms with E-state index in [1.165, 1.54) is 101 Å². The van der Waals surface area contributed by atoms with E-state index in [0.29, 0.717) is 4.88 Å². The van der Waals surface area contributed by atoms with E-state index in [9.17, 15) is 4.79 Å². The van der Waals surface area contributed by atoms with E-state index < -0.39 is 0 Å². The summed E-state index contributed by atoms with van der Waals surface area (Å²) in [6, 6.07) is 4.05. The smallest absolute Gasteiger partial charge is 0.262 e. The summed E-state index contributed by atoms with van der Waals surface area (Å²) in [5.41, 5.74) is 0. The molecule has 0 aliphatic heterocycles. The lowest BCUT2D eigenvalue weighted by Gasteiger charge is -2.27. The second-order valence-corrected chi connectivity index (χ2v) is 10.3. The van der Waals surface area contributed by atoms with Crippen LogP contribution in [-0.4, -0.2) is 5.24 Å². The lowest BCUT2D eigenvalue weighted by atomic mass is 9.79. The van der Waals surface area contributed by atoms with Crippen LogP contribution in [0.1, 0.15) is 132 Å². The van der Waals surface area contributed by atoms with Gasteiger partial charge in [-0.15, -0.1) is 11.3 Å².